The molecule has 2 N–H and O–H groups in total. The number of carbonyl (C=O) groups excluding carboxylic acids is 2. The second-order valence-corrected chi connectivity index (χ2v) is 4.34. The Morgan fingerprint density at radius 1 is 1.11 bits per heavy atom. The lowest BCUT2D eigenvalue weighted by Crippen LogP contribution is -2.50. The third-order valence-corrected chi connectivity index (χ3v) is 3.19. The lowest BCUT2D eigenvalue weighted by Gasteiger charge is -2.34. The zero-order valence-corrected chi connectivity index (χ0v) is 10.8. The summed E-state index contributed by atoms with van der Waals surface area (Å²) in [6, 6.07) is 7.00. The van der Waals surface area contributed by atoms with Gasteiger partial charge in [0.1, 0.15) is 0 Å². The number of nitrogens with zero attached hydrogens (tertiary/aromatic N) is 2. The molecule has 2 rings (SSSR count). The third kappa shape index (κ3) is 2.78. The molecule has 2 amide bonds. The topological polar surface area (TPSA) is 75.9 Å². The summed E-state index contributed by atoms with van der Waals surface area (Å²) in [4.78, 5) is 26.9. The number of hydrogen-bond donors (Lipinski definition) is 1. The molecule has 0 saturated carbocycles. The van der Waals surface area contributed by atoms with Crippen LogP contribution in [0, 0.1) is 0 Å². The number of rotatable bonds is 1. The average molecular weight is 263 g/mol. The van der Waals surface area contributed by atoms with E-state index < -0.39 is 0 Å². The maximum Gasteiger partial charge on any atom is 0.409 e. The molecule has 0 unspecified atom stereocenters. The van der Waals surface area contributed by atoms with Crippen LogP contribution in [0.5, 0.6) is 0 Å². The van der Waals surface area contributed by atoms with Crippen molar-refractivity contribution >= 4 is 17.7 Å². The molecule has 1 heterocycles. The van der Waals surface area contributed by atoms with Crippen LogP contribution in [0.15, 0.2) is 24.3 Å². The number of carbonyl (C=O) groups is 2. The van der Waals surface area contributed by atoms with Crippen LogP contribution in [-0.4, -0.2) is 55.1 Å². The van der Waals surface area contributed by atoms with Crippen LogP contribution in [0.2, 0.25) is 0 Å². The Kier molecular flexibility index (Phi) is 3.89. The summed E-state index contributed by atoms with van der Waals surface area (Å²) >= 11 is 0. The molecule has 0 radical (unpaired) electrons. The number of piperazine rings is 1. The number of anilines is 1. The van der Waals surface area contributed by atoms with Gasteiger partial charge in [-0.25, -0.2) is 4.79 Å². The van der Waals surface area contributed by atoms with Gasteiger partial charge < -0.3 is 20.3 Å². The molecular formula is C13H17N3O3. The second kappa shape index (κ2) is 5.60. The van der Waals surface area contributed by atoms with Crippen LogP contribution < -0.4 is 5.73 Å². The van der Waals surface area contributed by atoms with Crippen molar-refractivity contribution in [3.05, 3.63) is 29.8 Å². The van der Waals surface area contributed by atoms with Gasteiger partial charge in [0.15, 0.2) is 0 Å². The van der Waals surface area contributed by atoms with E-state index in [1.54, 1.807) is 34.1 Å². The van der Waals surface area contributed by atoms with E-state index >= 15 is 0 Å². The zero-order valence-electron chi connectivity index (χ0n) is 10.8. The third-order valence-electron chi connectivity index (χ3n) is 3.19. The number of benzene rings is 1. The highest BCUT2D eigenvalue weighted by atomic mass is 16.5. The summed E-state index contributed by atoms with van der Waals surface area (Å²) in [6.45, 7) is 1.93. The van der Waals surface area contributed by atoms with Crippen molar-refractivity contribution < 1.29 is 14.3 Å². The molecule has 0 aromatic heterocycles. The van der Waals surface area contributed by atoms with Gasteiger partial charge in [0.05, 0.1) is 12.7 Å². The predicted octanol–water partition coefficient (Wildman–Crippen LogP) is 0.793. The van der Waals surface area contributed by atoms with Crippen molar-refractivity contribution in [2.45, 2.75) is 0 Å². The summed E-state index contributed by atoms with van der Waals surface area (Å²) in [5.74, 6) is -0.0948. The maximum absolute atomic E-state index is 12.3. The highest BCUT2D eigenvalue weighted by Gasteiger charge is 2.25. The normalized spacial score (nSPS) is 15.2. The zero-order chi connectivity index (χ0) is 13.8. The maximum atomic E-state index is 12.3. The van der Waals surface area contributed by atoms with Crippen LogP contribution in [0.1, 0.15) is 10.4 Å². The number of nitrogens with two attached hydrogens (primary N) is 1. The van der Waals surface area contributed by atoms with Crippen molar-refractivity contribution in [2.75, 3.05) is 39.0 Å². The van der Waals surface area contributed by atoms with Crippen molar-refractivity contribution in [3.63, 3.8) is 0 Å². The fraction of sp³-hybridized carbons (Fsp3) is 0.385. The molecule has 1 aliphatic heterocycles. The van der Waals surface area contributed by atoms with Crippen molar-refractivity contribution in [2.24, 2.45) is 0 Å². The minimum Gasteiger partial charge on any atom is -0.453 e. The number of amides is 2. The second-order valence-electron chi connectivity index (χ2n) is 4.34. The van der Waals surface area contributed by atoms with Gasteiger partial charge in [-0.15, -0.1) is 0 Å². The minimum absolute atomic E-state index is 0.0948. The molecule has 0 aliphatic carbocycles. The van der Waals surface area contributed by atoms with Gasteiger partial charge in [-0.2, -0.15) is 0 Å². The van der Waals surface area contributed by atoms with Gasteiger partial charge in [0, 0.05) is 31.9 Å². The molecule has 1 aromatic rings. The van der Waals surface area contributed by atoms with Gasteiger partial charge in [-0.1, -0.05) is 12.1 Å². The summed E-state index contributed by atoms with van der Waals surface area (Å²) in [5, 5.41) is 0. The lowest BCUT2D eigenvalue weighted by molar-refractivity contribution is 0.0600. The van der Waals surface area contributed by atoms with Gasteiger partial charge in [0.2, 0.25) is 0 Å². The summed E-state index contributed by atoms with van der Waals surface area (Å²) < 4.78 is 4.65. The highest BCUT2D eigenvalue weighted by molar-refractivity contribution is 5.99. The van der Waals surface area contributed by atoms with E-state index in [1.807, 2.05) is 0 Å². The van der Waals surface area contributed by atoms with E-state index in [4.69, 9.17) is 5.73 Å². The van der Waals surface area contributed by atoms with Crippen LogP contribution in [0.25, 0.3) is 0 Å². The standard InChI is InChI=1S/C13H17N3O3/c1-19-13(18)16-8-6-15(7-9-16)12(17)10-4-2-3-5-11(10)14/h2-5H,6-9,14H2,1H3. The number of methoxy groups -OCH3 is 1. The van der Waals surface area contributed by atoms with E-state index in [1.165, 1.54) is 7.11 Å². The predicted molar refractivity (Wildman–Crippen MR) is 70.7 cm³/mol. The van der Waals surface area contributed by atoms with Crippen LogP contribution in [0.3, 0.4) is 0 Å². The Bertz CT molecular complexity index is 482. The largest absolute Gasteiger partial charge is 0.453 e. The molecule has 6 nitrogen and oxygen atoms in total. The quantitative estimate of drug-likeness (QED) is 0.760. The number of para-hydroxylation sites is 1. The van der Waals surface area contributed by atoms with Gasteiger partial charge in [0.25, 0.3) is 5.91 Å². The lowest BCUT2D eigenvalue weighted by atomic mass is 10.1. The highest BCUT2D eigenvalue weighted by Crippen LogP contribution is 2.15. The van der Waals surface area contributed by atoms with E-state index in [0.717, 1.165) is 0 Å². The fourth-order valence-electron chi connectivity index (χ4n) is 2.08. The monoisotopic (exact) mass is 263 g/mol. The molecular weight excluding hydrogens is 246 g/mol. The minimum atomic E-state index is -0.355. The first-order valence-electron chi connectivity index (χ1n) is 6.10. The van der Waals surface area contributed by atoms with Crippen LogP contribution >= 0.6 is 0 Å². The molecule has 19 heavy (non-hydrogen) atoms. The fourth-order valence-corrected chi connectivity index (χ4v) is 2.08. The molecule has 1 aromatic carbocycles. The van der Waals surface area contributed by atoms with E-state index in [0.29, 0.717) is 37.4 Å². The number of ether oxygens (including phenoxy) is 1. The molecule has 102 valence electrons. The van der Waals surface area contributed by atoms with Crippen molar-refractivity contribution in [1.82, 2.24) is 9.80 Å². The summed E-state index contributed by atoms with van der Waals surface area (Å²) in [6.07, 6.45) is -0.355. The van der Waals surface area contributed by atoms with Crippen LogP contribution in [0.4, 0.5) is 10.5 Å². The number of hydrogen-bond acceptors (Lipinski definition) is 4. The number of nitrogen functional groups attached to an aromatic ring is 1. The molecule has 1 fully saturated rings. The molecule has 0 spiro atoms. The first-order chi connectivity index (χ1) is 9.13. The van der Waals surface area contributed by atoms with Crippen LogP contribution in [-0.2, 0) is 4.74 Å². The van der Waals surface area contributed by atoms with E-state index in [9.17, 15) is 9.59 Å². The first kappa shape index (κ1) is 13.2. The average Bonchev–Trinajstić information content (AvgIpc) is 2.46. The molecule has 0 bridgehead atoms. The Morgan fingerprint density at radius 2 is 1.68 bits per heavy atom. The van der Waals surface area contributed by atoms with Gasteiger partial charge in [-0.05, 0) is 12.1 Å². The van der Waals surface area contributed by atoms with Gasteiger partial charge >= 0.3 is 6.09 Å². The SMILES string of the molecule is COC(=O)N1CCN(C(=O)c2ccccc2N)CC1. The molecule has 6 heteroatoms. The van der Waals surface area contributed by atoms with Gasteiger partial charge in [-0.3, -0.25) is 4.79 Å². The smallest absolute Gasteiger partial charge is 0.409 e. The summed E-state index contributed by atoms with van der Waals surface area (Å²) in [7, 11) is 1.35. The molecule has 1 saturated heterocycles. The molecule has 0 atom stereocenters. The van der Waals surface area contributed by atoms with Crippen molar-refractivity contribution in [1.29, 1.82) is 0 Å². The Labute approximate surface area is 111 Å². The van der Waals surface area contributed by atoms with E-state index in [2.05, 4.69) is 4.74 Å². The van der Waals surface area contributed by atoms with Crippen molar-refractivity contribution in [3.8, 4) is 0 Å². The Hall–Kier alpha value is -2.24. The first-order valence-corrected chi connectivity index (χ1v) is 6.10. The Morgan fingerprint density at radius 3 is 2.26 bits per heavy atom. The summed E-state index contributed by atoms with van der Waals surface area (Å²) in [5.41, 5.74) is 6.78. The molecule has 1 aliphatic rings. The Balaban J connectivity index is 2.00. The van der Waals surface area contributed by atoms with E-state index in [-0.39, 0.29) is 12.0 Å².